The minimum absolute atomic E-state index is 0. The van der Waals surface area contributed by atoms with Crippen molar-refractivity contribution in [2.24, 2.45) is 4.99 Å². The van der Waals surface area contributed by atoms with Gasteiger partial charge in [0, 0.05) is 27.1 Å². The number of unbranched alkanes of at least 4 members (excludes halogenated alkanes) is 2. The molecule has 0 aromatic rings. The number of aliphatic imine (C=N–C) groups is 1. The van der Waals surface area contributed by atoms with Gasteiger partial charge < -0.3 is 15.4 Å². The van der Waals surface area contributed by atoms with E-state index in [-0.39, 0.29) is 35.5 Å². The Balaban J connectivity index is 0. The molecule has 5 nitrogen and oxygen atoms in total. The number of ether oxygens (including phenoxy) is 1. The molecule has 6 heteroatoms. The average molecular weight is 385 g/mol. The van der Waals surface area contributed by atoms with Gasteiger partial charge in [-0.05, 0) is 33.6 Å². The first-order valence-electron chi connectivity index (χ1n) is 6.49. The van der Waals surface area contributed by atoms with Crippen LogP contribution in [0.3, 0.4) is 0 Å². The molecule has 0 saturated carbocycles. The topological polar surface area (TPSA) is 62.7 Å². The molecule has 0 aliphatic carbocycles. The van der Waals surface area contributed by atoms with Gasteiger partial charge in [0.15, 0.2) is 5.96 Å². The summed E-state index contributed by atoms with van der Waals surface area (Å²) in [7, 11) is 3.57. The van der Waals surface area contributed by atoms with Crippen molar-refractivity contribution in [3.05, 3.63) is 0 Å². The second-order valence-corrected chi connectivity index (χ2v) is 5.15. The number of esters is 1. The number of guanidine groups is 1. The summed E-state index contributed by atoms with van der Waals surface area (Å²) in [6.07, 6.45) is 3.39. The second kappa shape index (κ2) is 11.3. The molecule has 0 aromatic heterocycles. The van der Waals surface area contributed by atoms with Crippen molar-refractivity contribution < 1.29 is 9.53 Å². The maximum absolute atomic E-state index is 11.4. The minimum Gasteiger partial charge on any atom is -0.460 e. The number of carbonyl (C=O) groups is 1. The van der Waals surface area contributed by atoms with Gasteiger partial charge in [-0.2, -0.15) is 0 Å². The van der Waals surface area contributed by atoms with Crippen LogP contribution < -0.4 is 10.6 Å². The van der Waals surface area contributed by atoms with Crippen molar-refractivity contribution in [1.82, 2.24) is 10.6 Å². The normalized spacial score (nSPS) is 11.5. The largest absolute Gasteiger partial charge is 0.460 e. The average Bonchev–Trinajstić information content (AvgIpc) is 2.26. The molecule has 0 atom stereocenters. The van der Waals surface area contributed by atoms with Crippen LogP contribution in [-0.4, -0.2) is 38.2 Å². The number of rotatable bonds is 6. The molecule has 0 aliphatic rings. The van der Waals surface area contributed by atoms with Crippen molar-refractivity contribution in [2.45, 2.75) is 52.1 Å². The maximum atomic E-state index is 11.4. The van der Waals surface area contributed by atoms with Gasteiger partial charge in [0.1, 0.15) is 5.60 Å². The Bertz CT molecular complexity index is 276. The highest BCUT2D eigenvalue weighted by Crippen LogP contribution is 2.10. The molecule has 0 amide bonds. The first kappa shape index (κ1) is 20.8. The Morgan fingerprint density at radius 2 is 1.84 bits per heavy atom. The molecular formula is C13H28IN3O2. The van der Waals surface area contributed by atoms with E-state index in [0.717, 1.165) is 31.8 Å². The Morgan fingerprint density at radius 1 is 1.21 bits per heavy atom. The Kier molecular flexibility index (Phi) is 12.4. The monoisotopic (exact) mass is 385 g/mol. The van der Waals surface area contributed by atoms with E-state index < -0.39 is 0 Å². The fraction of sp³-hybridized carbons (Fsp3) is 0.846. The van der Waals surface area contributed by atoms with E-state index in [1.807, 2.05) is 27.8 Å². The molecule has 0 fully saturated rings. The molecule has 0 spiro atoms. The highest BCUT2D eigenvalue weighted by Gasteiger charge is 2.15. The molecule has 0 bridgehead atoms. The zero-order valence-corrected chi connectivity index (χ0v) is 15.0. The van der Waals surface area contributed by atoms with Crippen molar-refractivity contribution in [2.75, 3.05) is 20.6 Å². The van der Waals surface area contributed by atoms with Gasteiger partial charge in [-0.15, -0.1) is 24.0 Å². The van der Waals surface area contributed by atoms with Gasteiger partial charge in [-0.1, -0.05) is 6.42 Å². The smallest absolute Gasteiger partial charge is 0.306 e. The van der Waals surface area contributed by atoms with Crippen LogP contribution in [0.5, 0.6) is 0 Å². The van der Waals surface area contributed by atoms with Crippen LogP contribution in [-0.2, 0) is 9.53 Å². The Morgan fingerprint density at radius 3 is 2.32 bits per heavy atom. The zero-order chi connectivity index (χ0) is 14.0. The summed E-state index contributed by atoms with van der Waals surface area (Å²) < 4.78 is 5.23. The number of halogens is 1. The third kappa shape index (κ3) is 13.7. The molecule has 0 saturated heterocycles. The lowest BCUT2D eigenvalue weighted by Gasteiger charge is -2.19. The van der Waals surface area contributed by atoms with Crippen LogP contribution in [0.1, 0.15) is 46.5 Å². The van der Waals surface area contributed by atoms with Crippen LogP contribution in [0.25, 0.3) is 0 Å². The summed E-state index contributed by atoms with van der Waals surface area (Å²) in [4.78, 5) is 15.4. The number of nitrogens with one attached hydrogen (secondary N) is 2. The first-order chi connectivity index (χ1) is 8.39. The predicted octanol–water partition coefficient (Wildman–Crippen LogP) is 2.30. The lowest BCUT2D eigenvalue weighted by atomic mass is 10.1. The predicted molar refractivity (Wildman–Crippen MR) is 90.1 cm³/mol. The summed E-state index contributed by atoms with van der Waals surface area (Å²) in [5, 5.41) is 6.12. The van der Waals surface area contributed by atoms with E-state index in [4.69, 9.17) is 4.74 Å². The third-order valence-corrected chi connectivity index (χ3v) is 2.23. The Hall–Kier alpha value is -0.530. The first-order valence-corrected chi connectivity index (χ1v) is 6.49. The van der Waals surface area contributed by atoms with E-state index in [9.17, 15) is 4.79 Å². The van der Waals surface area contributed by atoms with Crippen LogP contribution in [0.2, 0.25) is 0 Å². The molecule has 0 rings (SSSR count). The number of nitrogens with zero attached hydrogens (tertiary/aromatic N) is 1. The van der Waals surface area contributed by atoms with Gasteiger partial charge in [0.05, 0.1) is 0 Å². The molecule has 19 heavy (non-hydrogen) atoms. The molecule has 0 heterocycles. The van der Waals surface area contributed by atoms with Gasteiger partial charge in [0.2, 0.25) is 0 Å². The summed E-state index contributed by atoms with van der Waals surface area (Å²) in [6.45, 7) is 6.52. The van der Waals surface area contributed by atoms with Crippen molar-refractivity contribution in [3.63, 3.8) is 0 Å². The van der Waals surface area contributed by atoms with Crippen LogP contribution >= 0.6 is 24.0 Å². The van der Waals surface area contributed by atoms with Crippen LogP contribution in [0, 0.1) is 0 Å². The van der Waals surface area contributed by atoms with E-state index >= 15 is 0 Å². The van der Waals surface area contributed by atoms with Crippen molar-refractivity contribution in [3.8, 4) is 0 Å². The maximum Gasteiger partial charge on any atom is 0.306 e. The second-order valence-electron chi connectivity index (χ2n) is 5.15. The number of carbonyl (C=O) groups excluding carboxylic acids is 1. The quantitative estimate of drug-likeness (QED) is 0.242. The molecule has 2 N–H and O–H groups in total. The summed E-state index contributed by atoms with van der Waals surface area (Å²) in [5.74, 6) is 0.684. The molecule has 0 unspecified atom stereocenters. The van der Waals surface area contributed by atoms with E-state index in [0.29, 0.717) is 6.42 Å². The standard InChI is InChI=1S/C13H27N3O2.HI/c1-13(2,3)18-11(17)9-7-6-8-10-16-12(14-4)15-5;/h6-10H2,1-5H3,(H2,14,15,16);1H. The third-order valence-electron chi connectivity index (χ3n) is 2.23. The molecule has 114 valence electrons. The summed E-state index contributed by atoms with van der Waals surface area (Å²) in [5.41, 5.74) is -0.377. The highest BCUT2D eigenvalue weighted by molar-refractivity contribution is 14.0. The van der Waals surface area contributed by atoms with Gasteiger partial charge in [-0.25, -0.2) is 0 Å². The van der Waals surface area contributed by atoms with Crippen LogP contribution in [0.15, 0.2) is 4.99 Å². The fourth-order valence-corrected chi connectivity index (χ4v) is 1.45. The molecular weight excluding hydrogens is 357 g/mol. The van der Waals surface area contributed by atoms with E-state index in [1.165, 1.54) is 0 Å². The van der Waals surface area contributed by atoms with Crippen molar-refractivity contribution in [1.29, 1.82) is 0 Å². The summed E-state index contributed by atoms with van der Waals surface area (Å²) >= 11 is 0. The van der Waals surface area contributed by atoms with E-state index in [2.05, 4.69) is 15.6 Å². The van der Waals surface area contributed by atoms with Gasteiger partial charge >= 0.3 is 5.97 Å². The number of hydrogen-bond donors (Lipinski definition) is 2. The lowest BCUT2D eigenvalue weighted by molar-refractivity contribution is -0.154. The molecule has 0 radical (unpaired) electrons. The molecule has 0 aliphatic heterocycles. The summed E-state index contributed by atoms with van der Waals surface area (Å²) in [6, 6.07) is 0. The minimum atomic E-state index is -0.377. The van der Waals surface area contributed by atoms with E-state index in [1.54, 1.807) is 7.05 Å². The lowest BCUT2D eigenvalue weighted by Crippen LogP contribution is -2.35. The van der Waals surface area contributed by atoms with Gasteiger partial charge in [-0.3, -0.25) is 9.79 Å². The fourth-order valence-electron chi connectivity index (χ4n) is 1.45. The van der Waals surface area contributed by atoms with Gasteiger partial charge in [0.25, 0.3) is 0 Å². The van der Waals surface area contributed by atoms with Crippen molar-refractivity contribution >= 4 is 35.9 Å². The highest BCUT2D eigenvalue weighted by atomic mass is 127. The number of hydrogen-bond acceptors (Lipinski definition) is 3. The molecule has 0 aromatic carbocycles. The van der Waals surface area contributed by atoms with Crippen LogP contribution in [0.4, 0.5) is 0 Å². The zero-order valence-electron chi connectivity index (χ0n) is 12.7. The Labute approximate surface area is 134 Å². The SMILES string of the molecule is CN=C(NC)NCCCCCC(=O)OC(C)(C)C.I.